The summed E-state index contributed by atoms with van der Waals surface area (Å²) in [6, 6.07) is 4.90. The standard InChI is InChI=1S/C16H20BrFN2O/c17-13-5-1-4-12(14(13)18)15(21)20-9-3-7-16(11-20)6-2-8-19-10-16/h1,4-5,19H,2-3,6-11H2. The van der Waals surface area contributed by atoms with Crippen LogP contribution in [0.2, 0.25) is 0 Å². The van der Waals surface area contributed by atoms with Crippen molar-refractivity contribution in [3.8, 4) is 0 Å². The van der Waals surface area contributed by atoms with Gasteiger partial charge in [-0.1, -0.05) is 6.07 Å². The molecule has 0 saturated carbocycles. The van der Waals surface area contributed by atoms with E-state index in [-0.39, 0.29) is 16.9 Å². The molecule has 5 heteroatoms. The van der Waals surface area contributed by atoms with Crippen molar-refractivity contribution in [1.82, 2.24) is 10.2 Å². The fourth-order valence-electron chi connectivity index (χ4n) is 3.60. The van der Waals surface area contributed by atoms with Gasteiger partial charge in [-0.25, -0.2) is 4.39 Å². The summed E-state index contributed by atoms with van der Waals surface area (Å²) in [5.41, 5.74) is 0.361. The molecule has 2 aliphatic heterocycles. The molecule has 1 aromatic carbocycles. The SMILES string of the molecule is O=C(c1cccc(Br)c1F)N1CCCC2(CCCNC2)C1. The molecular weight excluding hydrogens is 335 g/mol. The Bertz CT molecular complexity index is 538. The monoisotopic (exact) mass is 354 g/mol. The summed E-state index contributed by atoms with van der Waals surface area (Å²) in [5.74, 6) is -0.637. The fourth-order valence-corrected chi connectivity index (χ4v) is 3.97. The maximum atomic E-state index is 14.1. The van der Waals surface area contributed by atoms with Crippen LogP contribution in [0.5, 0.6) is 0 Å². The second-order valence-corrected chi connectivity index (χ2v) is 7.07. The predicted molar refractivity (Wildman–Crippen MR) is 83.8 cm³/mol. The maximum absolute atomic E-state index is 14.1. The van der Waals surface area contributed by atoms with E-state index in [0.717, 1.165) is 51.9 Å². The van der Waals surface area contributed by atoms with Crippen LogP contribution in [0.4, 0.5) is 4.39 Å². The molecule has 1 aromatic rings. The lowest BCUT2D eigenvalue weighted by atomic mass is 9.74. The molecule has 0 bridgehead atoms. The molecule has 1 unspecified atom stereocenters. The van der Waals surface area contributed by atoms with E-state index in [1.54, 1.807) is 18.2 Å². The smallest absolute Gasteiger partial charge is 0.256 e. The molecule has 2 heterocycles. The van der Waals surface area contributed by atoms with E-state index in [9.17, 15) is 9.18 Å². The van der Waals surface area contributed by atoms with Crippen molar-refractivity contribution in [2.45, 2.75) is 25.7 Å². The van der Waals surface area contributed by atoms with Gasteiger partial charge in [0.05, 0.1) is 10.0 Å². The third-order valence-electron chi connectivity index (χ3n) is 4.69. The van der Waals surface area contributed by atoms with Crippen LogP contribution >= 0.6 is 15.9 Å². The summed E-state index contributed by atoms with van der Waals surface area (Å²) in [7, 11) is 0. The first-order valence-electron chi connectivity index (χ1n) is 7.55. The zero-order chi connectivity index (χ0) is 14.9. The van der Waals surface area contributed by atoms with Crippen molar-refractivity contribution < 1.29 is 9.18 Å². The Morgan fingerprint density at radius 1 is 1.33 bits per heavy atom. The van der Waals surface area contributed by atoms with Gasteiger partial charge in [-0.05, 0) is 60.3 Å². The van der Waals surface area contributed by atoms with E-state index in [1.807, 2.05) is 4.90 Å². The minimum atomic E-state index is -0.455. The highest BCUT2D eigenvalue weighted by atomic mass is 79.9. The normalized spacial score (nSPS) is 26.1. The van der Waals surface area contributed by atoms with Gasteiger partial charge in [0.1, 0.15) is 5.82 Å². The summed E-state index contributed by atoms with van der Waals surface area (Å²) in [5, 5.41) is 3.45. The van der Waals surface area contributed by atoms with Gasteiger partial charge >= 0.3 is 0 Å². The van der Waals surface area contributed by atoms with Crippen molar-refractivity contribution in [2.24, 2.45) is 5.41 Å². The fraction of sp³-hybridized carbons (Fsp3) is 0.562. The Morgan fingerprint density at radius 3 is 2.90 bits per heavy atom. The van der Waals surface area contributed by atoms with Gasteiger partial charge in [-0.2, -0.15) is 0 Å². The van der Waals surface area contributed by atoms with Gasteiger partial charge in [0.15, 0.2) is 0 Å². The first-order chi connectivity index (χ1) is 10.1. The second-order valence-electron chi connectivity index (χ2n) is 6.21. The molecule has 2 aliphatic rings. The van der Waals surface area contributed by atoms with E-state index >= 15 is 0 Å². The molecular formula is C16H20BrFN2O. The molecule has 21 heavy (non-hydrogen) atoms. The molecule has 114 valence electrons. The number of piperidine rings is 2. The quantitative estimate of drug-likeness (QED) is 0.839. The van der Waals surface area contributed by atoms with Crippen LogP contribution in [0.25, 0.3) is 0 Å². The number of nitrogens with zero attached hydrogens (tertiary/aromatic N) is 1. The van der Waals surface area contributed by atoms with E-state index in [2.05, 4.69) is 21.2 Å². The van der Waals surface area contributed by atoms with Crippen LogP contribution in [0.3, 0.4) is 0 Å². The summed E-state index contributed by atoms with van der Waals surface area (Å²) < 4.78 is 14.5. The van der Waals surface area contributed by atoms with Crippen LogP contribution in [-0.2, 0) is 0 Å². The van der Waals surface area contributed by atoms with Crippen LogP contribution in [0.1, 0.15) is 36.0 Å². The second kappa shape index (κ2) is 6.05. The lowest BCUT2D eigenvalue weighted by molar-refractivity contribution is 0.0430. The number of carbonyl (C=O) groups is 1. The summed E-state index contributed by atoms with van der Waals surface area (Å²) >= 11 is 3.15. The highest BCUT2D eigenvalue weighted by molar-refractivity contribution is 9.10. The molecule has 0 aromatic heterocycles. The van der Waals surface area contributed by atoms with Crippen LogP contribution < -0.4 is 5.32 Å². The first kappa shape index (κ1) is 15.0. The molecule has 3 rings (SSSR count). The van der Waals surface area contributed by atoms with Gasteiger partial charge < -0.3 is 10.2 Å². The number of nitrogens with one attached hydrogen (secondary N) is 1. The molecule has 1 spiro atoms. The number of halogens is 2. The van der Waals surface area contributed by atoms with Gasteiger partial charge in [0.25, 0.3) is 5.91 Å². The number of hydrogen-bond donors (Lipinski definition) is 1. The summed E-state index contributed by atoms with van der Waals surface area (Å²) in [6.07, 6.45) is 4.48. The van der Waals surface area contributed by atoms with Gasteiger partial charge in [0.2, 0.25) is 0 Å². The zero-order valence-electron chi connectivity index (χ0n) is 12.0. The summed E-state index contributed by atoms with van der Waals surface area (Å²) in [6.45, 7) is 3.50. The van der Waals surface area contributed by atoms with E-state index < -0.39 is 5.82 Å². The molecule has 1 atom stereocenters. The molecule has 1 N–H and O–H groups in total. The van der Waals surface area contributed by atoms with Gasteiger partial charge in [0, 0.05) is 25.0 Å². The van der Waals surface area contributed by atoms with Crippen LogP contribution in [-0.4, -0.2) is 37.0 Å². The number of rotatable bonds is 1. The van der Waals surface area contributed by atoms with Crippen molar-refractivity contribution in [3.05, 3.63) is 34.1 Å². The van der Waals surface area contributed by atoms with E-state index in [4.69, 9.17) is 0 Å². The van der Waals surface area contributed by atoms with Crippen molar-refractivity contribution in [1.29, 1.82) is 0 Å². The Balaban J connectivity index is 1.79. The lowest BCUT2D eigenvalue weighted by Gasteiger charge is -2.45. The first-order valence-corrected chi connectivity index (χ1v) is 8.35. The summed E-state index contributed by atoms with van der Waals surface area (Å²) in [4.78, 5) is 14.5. The average molecular weight is 355 g/mol. The van der Waals surface area contributed by atoms with E-state index in [0.29, 0.717) is 4.47 Å². The van der Waals surface area contributed by atoms with Crippen LogP contribution in [0, 0.1) is 11.2 Å². The highest BCUT2D eigenvalue weighted by Gasteiger charge is 2.38. The van der Waals surface area contributed by atoms with Crippen molar-refractivity contribution in [3.63, 3.8) is 0 Å². The molecule has 2 saturated heterocycles. The Labute approximate surface area is 133 Å². The number of benzene rings is 1. The Kier molecular flexibility index (Phi) is 4.31. The van der Waals surface area contributed by atoms with Crippen LogP contribution in [0.15, 0.2) is 22.7 Å². The minimum absolute atomic E-state index is 0.171. The average Bonchev–Trinajstić information content (AvgIpc) is 2.50. The molecule has 2 fully saturated rings. The third-order valence-corrected chi connectivity index (χ3v) is 5.30. The minimum Gasteiger partial charge on any atom is -0.338 e. The predicted octanol–water partition coefficient (Wildman–Crippen LogP) is 3.19. The van der Waals surface area contributed by atoms with Crippen molar-refractivity contribution >= 4 is 21.8 Å². The van der Waals surface area contributed by atoms with Gasteiger partial charge in [-0.15, -0.1) is 0 Å². The number of amides is 1. The molecule has 3 nitrogen and oxygen atoms in total. The topological polar surface area (TPSA) is 32.3 Å². The number of hydrogen-bond acceptors (Lipinski definition) is 2. The maximum Gasteiger partial charge on any atom is 0.256 e. The number of carbonyl (C=O) groups excluding carboxylic acids is 1. The lowest BCUT2D eigenvalue weighted by Crippen LogP contribution is -2.52. The Hall–Kier alpha value is -0.940. The van der Waals surface area contributed by atoms with Gasteiger partial charge in [-0.3, -0.25) is 4.79 Å². The Morgan fingerprint density at radius 2 is 2.14 bits per heavy atom. The molecule has 0 aliphatic carbocycles. The zero-order valence-corrected chi connectivity index (χ0v) is 13.6. The molecule has 0 radical (unpaired) electrons. The highest BCUT2D eigenvalue weighted by Crippen LogP contribution is 2.36. The largest absolute Gasteiger partial charge is 0.338 e. The number of likely N-dealkylation sites (tertiary alicyclic amines) is 1. The third kappa shape index (κ3) is 2.99. The van der Waals surface area contributed by atoms with E-state index in [1.165, 1.54) is 0 Å². The molecule has 1 amide bonds. The van der Waals surface area contributed by atoms with Crippen molar-refractivity contribution in [2.75, 3.05) is 26.2 Å².